The van der Waals surface area contributed by atoms with Crippen molar-refractivity contribution in [1.82, 2.24) is 10.2 Å². The second-order valence-electron chi connectivity index (χ2n) is 6.08. The van der Waals surface area contributed by atoms with Gasteiger partial charge in [-0.15, -0.1) is 24.8 Å². The lowest BCUT2D eigenvalue weighted by Gasteiger charge is -2.35. The molecule has 0 aromatic heterocycles. The summed E-state index contributed by atoms with van der Waals surface area (Å²) in [6.07, 6.45) is 4.88. The van der Waals surface area contributed by atoms with Crippen molar-refractivity contribution in [2.45, 2.75) is 45.6 Å². The Balaban J connectivity index is 0.00000288. The molecule has 1 heterocycles. The fourth-order valence-corrected chi connectivity index (χ4v) is 3.65. The van der Waals surface area contributed by atoms with Crippen LogP contribution in [0.4, 0.5) is 0 Å². The number of hydrogen-bond acceptors (Lipinski definition) is 4. The highest BCUT2D eigenvalue weighted by atomic mass is 79.9. The van der Waals surface area contributed by atoms with Gasteiger partial charge in [-0.25, -0.2) is 0 Å². The number of piperazine rings is 1. The van der Waals surface area contributed by atoms with Crippen molar-refractivity contribution >= 4 is 40.7 Å². The molecule has 0 unspecified atom stereocenters. The zero-order valence-electron chi connectivity index (χ0n) is 15.1. The maximum absolute atomic E-state index is 10.2. The third-order valence-electron chi connectivity index (χ3n) is 4.41. The number of nitrogens with one attached hydrogen (secondary N) is 1. The monoisotopic (exact) mass is 456 g/mol. The van der Waals surface area contributed by atoms with Gasteiger partial charge >= 0.3 is 0 Å². The molecule has 2 rings (SSSR count). The first-order valence-corrected chi connectivity index (χ1v) is 9.56. The largest absolute Gasteiger partial charge is 0.503 e. The first-order valence-electron chi connectivity index (χ1n) is 8.77. The van der Waals surface area contributed by atoms with E-state index in [2.05, 4.69) is 39.1 Å². The zero-order chi connectivity index (χ0) is 16.7. The first kappa shape index (κ1) is 24.8. The maximum atomic E-state index is 10.2. The van der Waals surface area contributed by atoms with Crippen LogP contribution in [-0.4, -0.2) is 42.8 Å². The van der Waals surface area contributed by atoms with Crippen LogP contribution in [0.5, 0.6) is 11.5 Å². The summed E-state index contributed by atoms with van der Waals surface area (Å²) in [5.41, 5.74) is 1.23. The minimum Gasteiger partial charge on any atom is -0.503 e. The van der Waals surface area contributed by atoms with Crippen molar-refractivity contribution in [1.29, 1.82) is 0 Å². The molecule has 0 amide bonds. The molecule has 1 aliphatic heterocycles. The Morgan fingerprint density at radius 3 is 2.48 bits per heavy atom. The van der Waals surface area contributed by atoms with E-state index in [4.69, 9.17) is 4.74 Å². The lowest BCUT2D eigenvalue weighted by molar-refractivity contribution is 0.162. The summed E-state index contributed by atoms with van der Waals surface area (Å²) in [6.45, 7) is 8.96. The van der Waals surface area contributed by atoms with Gasteiger partial charge in [-0.3, -0.25) is 4.90 Å². The molecule has 1 aromatic carbocycles. The van der Waals surface area contributed by atoms with Crippen molar-refractivity contribution in [3.05, 3.63) is 22.2 Å². The molecular weight excluding hydrogens is 427 g/mol. The average molecular weight is 458 g/mol. The first-order chi connectivity index (χ1) is 11.2. The molecule has 1 saturated heterocycles. The number of benzene rings is 1. The normalized spacial score (nSPS) is 15.8. The number of unbranched alkanes of at least 4 members (excludes halogenated alkanes) is 2. The van der Waals surface area contributed by atoms with Gasteiger partial charge in [0, 0.05) is 32.2 Å². The summed E-state index contributed by atoms with van der Waals surface area (Å²) >= 11 is 3.48. The summed E-state index contributed by atoms with van der Waals surface area (Å²) in [7, 11) is 0. The minimum absolute atomic E-state index is 0. The van der Waals surface area contributed by atoms with E-state index in [0.29, 0.717) is 22.9 Å². The van der Waals surface area contributed by atoms with Gasteiger partial charge in [0.15, 0.2) is 11.5 Å². The number of rotatable bonds is 8. The van der Waals surface area contributed by atoms with Crippen LogP contribution in [0.3, 0.4) is 0 Å². The van der Waals surface area contributed by atoms with Crippen LogP contribution in [0.1, 0.15) is 51.1 Å². The number of phenolic OH excluding ortho intramolecular Hbond substituents is 1. The molecule has 7 heteroatoms. The van der Waals surface area contributed by atoms with Gasteiger partial charge in [0.1, 0.15) is 0 Å². The highest BCUT2D eigenvalue weighted by Crippen LogP contribution is 2.39. The number of hydrogen-bond donors (Lipinski definition) is 2. The number of phenols is 1. The van der Waals surface area contributed by atoms with E-state index in [1.807, 2.05) is 13.0 Å². The molecule has 1 fully saturated rings. The molecule has 4 nitrogen and oxygen atoms in total. The van der Waals surface area contributed by atoms with E-state index in [0.717, 1.165) is 32.6 Å². The van der Waals surface area contributed by atoms with Gasteiger partial charge in [0.25, 0.3) is 0 Å². The molecule has 0 radical (unpaired) electrons. The second kappa shape index (κ2) is 13.0. The van der Waals surface area contributed by atoms with Gasteiger partial charge in [-0.05, 0) is 47.0 Å². The molecule has 146 valence electrons. The van der Waals surface area contributed by atoms with E-state index in [1.54, 1.807) is 0 Å². The quantitative estimate of drug-likeness (QED) is 0.543. The van der Waals surface area contributed by atoms with Crippen LogP contribution < -0.4 is 10.1 Å². The van der Waals surface area contributed by atoms with Crippen LogP contribution in [0.25, 0.3) is 0 Å². The van der Waals surface area contributed by atoms with Gasteiger partial charge in [-0.2, -0.15) is 0 Å². The van der Waals surface area contributed by atoms with Gasteiger partial charge < -0.3 is 15.2 Å². The molecule has 0 spiro atoms. The third-order valence-corrected chi connectivity index (χ3v) is 5.01. The fourth-order valence-electron chi connectivity index (χ4n) is 3.19. The van der Waals surface area contributed by atoms with Crippen molar-refractivity contribution in [3.8, 4) is 11.5 Å². The van der Waals surface area contributed by atoms with Crippen LogP contribution in [0, 0.1) is 0 Å². The Labute approximate surface area is 172 Å². The lowest BCUT2D eigenvalue weighted by Crippen LogP contribution is -2.45. The van der Waals surface area contributed by atoms with Crippen molar-refractivity contribution in [3.63, 3.8) is 0 Å². The molecule has 1 aromatic rings. The molecule has 0 bridgehead atoms. The molecule has 2 N–H and O–H groups in total. The summed E-state index contributed by atoms with van der Waals surface area (Å²) in [5.74, 6) is 0.774. The van der Waals surface area contributed by atoms with Gasteiger partial charge in [-0.1, -0.05) is 26.2 Å². The summed E-state index contributed by atoms with van der Waals surface area (Å²) in [5, 5.41) is 13.6. The minimum atomic E-state index is 0. The Hall–Kier alpha value is -0.200. The number of nitrogens with zero attached hydrogens (tertiary/aromatic N) is 1. The number of halogens is 3. The topological polar surface area (TPSA) is 44.7 Å². The van der Waals surface area contributed by atoms with Crippen LogP contribution in [-0.2, 0) is 0 Å². The predicted molar refractivity (Wildman–Crippen MR) is 113 cm³/mol. The molecule has 25 heavy (non-hydrogen) atoms. The number of aromatic hydroxyl groups is 1. The van der Waals surface area contributed by atoms with Crippen molar-refractivity contribution < 1.29 is 9.84 Å². The van der Waals surface area contributed by atoms with E-state index < -0.39 is 0 Å². The molecule has 1 aliphatic rings. The molecule has 0 aliphatic carbocycles. The summed E-state index contributed by atoms with van der Waals surface area (Å²) < 4.78 is 6.33. The highest BCUT2D eigenvalue weighted by molar-refractivity contribution is 9.10. The van der Waals surface area contributed by atoms with Crippen LogP contribution in [0.15, 0.2) is 16.6 Å². The molecular formula is C18H31BrCl2N2O2. The standard InChI is InChI=1S/C18H29BrN2O2.2ClH/c1-3-5-6-7-16(21-10-8-20-9-11-21)14-12-15(19)18(22)17(13-14)23-4-2;;/h12-13,16,20,22H,3-11H2,1-2H3;2*1H/t16-;;/m0../s1. The Kier molecular flexibility index (Phi) is 12.9. The lowest BCUT2D eigenvalue weighted by atomic mass is 9.97. The SMILES string of the molecule is CCCCC[C@@H](c1cc(Br)c(O)c(OCC)c1)N1CCNCC1.Cl.Cl. The van der Waals surface area contributed by atoms with Crippen molar-refractivity contribution in [2.75, 3.05) is 32.8 Å². The smallest absolute Gasteiger partial charge is 0.172 e. The fraction of sp³-hybridized carbons (Fsp3) is 0.667. The average Bonchev–Trinajstić information content (AvgIpc) is 2.57. The zero-order valence-corrected chi connectivity index (χ0v) is 18.3. The number of ether oxygens (including phenoxy) is 1. The van der Waals surface area contributed by atoms with E-state index in [1.165, 1.54) is 24.8 Å². The van der Waals surface area contributed by atoms with Gasteiger partial charge in [0.05, 0.1) is 11.1 Å². The Morgan fingerprint density at radius 2 is 1.88 bits per heavy atom. The predicted octanol–water partition coefficient (Wildman–Crippen LogP) is 4.92. The summed E-state index contributed by atoms with van der Waals surface area (Å²) in [4.78, 5) is 2.56. The van der Waals surface area contributed by atoms with E-state index in [-0.39, 0.29) is 30.6 Å². The molecule has 0 saturated carbocycles. The van der Waals surface area contributed by atoms with E-state index >= 15 is 0 Å². The molecule has 1 atom stereocenters. The van der Waals surface area contributed by atoms with Crippen LogP contribution >= 0.6 is 40.7 Å². The summed E-state index contributed by atoms with van der Waals surface area (Å²) in [6, 6.07) is 4.46. The third kappa shape index (κ3) is 7.14. The van der Waals surface area contributed by atoms with E-state index in [9.17, 15) is 5.11 Å². The van der Waals surface area contributed by atoms with Crippen molar-refractivity contribution in [2.24, 2.45) is 0 Å². The second-order valence-corrected chi connectivity index (χ2v) is 6.93. The Bertz CT molecular complexity index is 500. The highest BCUT2D eigenvalue weighted by Gasteiger charge is 2.23. The van der Waals surface area contributed by atoms with Gasteiger partial charge in [0.2, 0.25) is 0 Å². The Morgan fingerprint density at radius 1 is 1.20 bits per heavy atom. The maximum Gasteiger partial charge on any atom is 0.172 e. The van der Waals surface area contributed by atoms with Crippen LogP contribution in [0.2, 0.25) is 0 Å².